The molecule has 0 atom stereocenters. The van der Waals surface area contributed by atoms with Crippen molar-refractivity contribution in [3.8, 4) is 11.3 Å². The summed E-state index contributed by atoms with van der Waals surface area (Å²) in [7, 11) is 0. The van der Waals surface area contributed by atoms with Crippen molar-refractivity contribution in [2.24, 2.45) is 0 Å². The van der Waals surface area contributed by atoms with E-state index in [0.29, 0.717) is 0 Å². The summed E-state index contributed by atoms with van der Waals surface area (Å²) in [5, 5.41) is 1.28. The molecule has 4 nitrogen and oxygen atoms in total. The van der Waals surface area contributed by atoms with Gasteiger partial charge in [0.2, 0.25) is 0 Å². The average molecular weight is 342 g/mol. The van der Waals surface area contributed by atoms with Crippen LogP contribution in [-0.4, -0.2) is 19.5 Å². The van der Waals surface area contributed by atoms with Crippen LogP contribution in [0, 0.1) is 0 Å². The van der Waals surface area contributed by atoms with E-state index in [1.807, 2.05) is 24.8 Å². The van der Waals surface area contributed by atoms with Gasteiger partial charge in [0.25, 0.3) is 0 Å². The first-order chi connectivity index (χ1) is 12.9. The van der Waals surface area contributed by atoms with Crippen LogP contribution in [0.4, 0.5) is 0 Å². The van der Waals surface area contributed by atoms with Crippen LogP contribution in [-0.2, 0) is 13.0 Å². The van der Waals surface area contributed by atoms with E-state index in [4.69, 9.17) is 0 Å². The molecule has 1 aromatic carbocycles. The Kier molecular flexibility index (Phi) is 4.73. The van der Waals surface area contributed by atoms with Gasteiger partial charge in [-0.3, -0.25) is 4.98 Å². The smallest absolute Gasteiger partial charge is 0.115 e. The highest BCUT2D eigenvalue weighted by Crippen LogP contribution is 2.34. The number of rotatable bonds is 6. The largest absolute Gasteiger partial charge is 0.334 e. The maximum atomic E-state index is 4.39. The summed E-state index contributed by atoms with van der Waals surface area (Å²) >= 11 is 0. The van der Waals surface area contributed by atoms with E-state index >= 15 is 0 Å². The number of hydrogen-bond donors (Lipinski definition) is 0. The molecule has 0 N–H and O–H groups in total. The summed E-state index contributed by atoms with van der Waals surface area (Å²) in [6.45, 7) is 3.04. The lowest BCUT2D eigenvalue weighted by molar-refractivity contribution is 0.787. The molecule has 26 heavy (non-hydrogen) atoms. The lowest BCUT2D eigenvalue weighted by atomic mass is 10.0. The van der Waals surface area contributed by atoms with Gasteiger partial charge in [-0.15, -0.1) is 0 Å². The van der Waals surface area contributed by atoms with Gasteiger partial charge in [0.05, 0.1) is 17.4 Å². The van der Waals surface area contributed by atoms with Gasteiger partial charge in [-0.2, -0.15) is 0 Å². The van der Waals surface area contributed by atoms with E-state index in [1.54, 1.807) is 6.33 Å². The summed E-state index contributed by atoms with van der Waals surface area (Å²) in [6, 6.07) is 12.7. The molecule has 130 valence electrons. The van der Waals surface area contributed by atoms with Gasteiger partial charge in [0.15, 0.2) is 0 Å². The van der Waals surface area contributed by atoms with Crippen LogP contribution < -0.4 is 0 Å². The number of aromatic nitrogens is 4. The zero-order valence-electron chi connectivity index (χ0n) is 15.0. The molecule has 0 aliphatic rings. The van der Waals surface area contributed by atoms with Crippen molar-refractivity contribution in [1.82, 2.24) is 19.5 Å². The number of nitrogens with zero attached hydrogens (tertiary/aromatic N) is 4. The number of benzene rings is 1. The highest BCUT2D eigenvalue weighted by Gasteiger charge is 2.19. The quantitative estimate of drug-likeness (QED) is 0.501. The Bertz CT molecular complexity index is 991. The van der Waals surface area contributed by atoms with Crippen LogP contribution in [0.3, 0.4) is 0 Å². The number of aryl methyl sites for hydroxylation is 1. The highest BCUT2D eigenvalue weighted by atomic mass is 15.0. The van der Waals surface area contributed by atoms with Gasteiger partial charge in [0.1, 0.15) is 6.33 Å². The Labute approximate surface area is 153 Å². The minimum atomic E-state index is 0.805. The molecule has 0 unspecified atom stereocenters. The summed E-state index contributed by atoms with van der Waals surface area (Å²) in [4.78, 5) is 12.9. The Morgan fingerprint density at radius 2 is 1.73 bits per heavy atom. The second-order valence-corrected chi connectivity index (χ2v) is 6.52. The first-order valence-corrected chi connectivity index (χ1v) is 9.13. The number of unbranched alkanes of at least 4 members (excludes halogenated alkanes) is 1. The first-order valence-electron chi connectivity index (χ1n) is 9.13. The minimum absolute atomic E-state index is 0.805. The van der Waals surface area contributed by atoms with Gasteiger partial charge in [0, 0.05) is 36.1 Å². The second-order valence-electron chi connectivity index (χ2n) is 6.52. The summed E-state index contributed by atoms with van der Waals surface area (Å²) < 4.78 is 2.36. The fourth-order valence-electron chi connectivity index (χ4n) is 3.56. The van der Waals surface area contributed by atoms with Crippen LogP contribution >= 0.6 is 0 Å². The van der Waals surface area contributed by atoms with Crippen molar-refractivity contribution in [3.63, 3.8) is 0 Å². The molecule has 4 heteroatoms. The average Bonchev–Trinajstić information content (AvgIpc) is 3.01. The maximum Gasteiger partial charge on any atom is 0.115 e. The summed E-state index contributed by atoms with van der Waals surface area (Å²) in [5.41, 5.74) is 6.08. The van der Waals surface area contributed by atoms with E-state index in [2.05, 4.69) is 62.8 Å². The van der Waals surface area contributed by atoms with E-state index in [-0.39, 0.29) is 0 Å². The molecule has 0 aliphatic heterocycles. The lowest BCUT2D eigenvalue weighted by Crippen LogP contribution is -2.03. The third kappa shape index (κ3) is 3.10. The predicted octanol–water partition coefficient (Wildman–Crippen LogP) is 4.88. The molecular formula is C22H22N4. The van der Waals surface area contributed by atoms with Crippen molar-refractivity contribution >= 4 is 10.9 Å². The van der Waals surface area contributed by atoms with E-state index < -0.39 is 0 Å². The van der Waals surface area contributed by atoms with Crippen LogP contribution in [0.5, 0.6) is 0 Å². The van der Waals surface area contributed by atoms with Gasteiger partial charge in [-0.25, -0.2) is 9.97 Å². The van der Waals surface area contributed by atoms with Gasteiger partial charge in [-0.1, -0.05) is 43.7 Å². The zero-order chi connectivity index (χ0) is 17.8. The van der Waals surface area contributed by atoms with Crippen LogP contribution in [0.15, 0.2) is 67.5 Å². The Balaban J connectivity index is 1.95. The second kappa shape index (κ2) is 7.48. The van der Waals surface area contributed by atoms with Crippen molar-refractivity contribution < 1.29 is 0 Å². The molecule has 0 saturated carbocycles. The molecule has 0 amide bonds. The fraction of sp³-hybridized carbons (Fsp3) is 0.227. The minimum Gasteiger partial charge on any atom is -0.334 e. The summed E-state index contributed by atoms with van der Waals surface area (Å²) in [5.74, 6) is 0. The maximum absolute atomic E-state index is 4.39. The normalized spacial score (nSPS) is 11.1. The standard InChI is InChI=1S/C22H22N4/c1-2-3-9-20-19-10-11-23-14-21(19)26(15-17-7-5-4-6-8-17)22(20)18-12-24-16-25-13-18/h4-8,10-14,16H,2-3,9,15H2,1H3. The molecule has 0 aliphatic carbocycles. The lowest BCUT2D eigenvalue weighted by Gasteiger charge is -2.12. The van der Waals surface area contributed by atoms with Crippen molar-refractivity contribution in [1.29, 1.82) is 0 Å². The Hall–Kier alpha value is -3.01. The van der Waals surface area contributed by atoms with Crippen LogP contribution in [0.1, 0.15) is 30.9 Å². The first kappa shape index (κ1) is 16.5. The Morgan fingerprint density at radius 1 is 0.923 bits per heavy atom. The molecule has 3 aromatic heterocycles. The zero-order valence-corrected chi connectivity index (χ0v) is 15.0. The third-order valence-electron chi connectivity index (χ3n) is 4.77. The molecule has 0 saturated heterocycles. The number of hydrogen-bond acceptors (Lipinski definition) is 3. The van der Waals surface area contributed by atoms with Crippen LogP contribution in [0.25, 0.3) is 22.2 Å². The molecule has 0 radical (unpaired) electrons. The fourth-order valence-corrected chi connectivity index (χ4v) is 3.56. The van der Waals surface area contributed by atoms with Crippen molar-refractivity contribution in [2.75, 3.05) is 0 Å². The molecule has 0 bridgehead atoms. The SMILES string of the molecule is CCCCc1c(-c2cncnc2)n(Cc2ccccc2)c2cnccc12. The molecule has 0 fully saturated rings. The van der Waals surface area contributed by atoms with Gasteiger partial charge in [-0.05, 0) is 30.0 Å². The van der Waals surface area contributed by atoms with E-state index in [9.17, 15) is 0 Å². The van der Waals surface area contributed by atoms with Crippen molar-refractivity contribution in [3.05, 3.63) is 78.6 Å². The topological polar surface area (TPSA) is 43.6 Å². The molecule has 4 rings (SSSR count). The highest BCUT2D eigenvalue weighted by molar-refractivity contribution is 5.91. The molecule has 3 heterocycles. The van der Waals surface area contributed by atoms with E-state index in [0.717, 1.165) is 24.9 Å². The van der Waals surface area contributed by atoms with Gasteiger partial charge >= 0.3 is 0 Å². The number of pyridine rings is 1. The van der Waals surface area contributed by atoms with Crippen LogP contribution in [0.2, 0.25) is 0 Å². The molecular weight excluding hydrogens is 320 g/mol. The molecule has 4 aromatic rings. The monoisotopic (exact) mass is 342 g/mol. The predicted molar refractivity (Wildman–Crippen MR) is 105 cm³/mol. The summed E-state index contributed by atoms with van der Waals surface area (Å²) in [6.07, 6.45) is 12.6. The van der Waals surface area contributed by atoms with Gasteiger partial charge < -0.3 is 4.57 Å². The van der Waals surface area contributed by atoms with E-state index in [1.165, 1.54) is 34.1 Å². The molecule has 0 spiro atoms. The number of fused-ring (bicyclic) bond motifs is 1. The van der Waals surface area contributed by atoms with Crippen molar-refractivity contribution in [2.45, 2.75) is 32.7 Å². The third-order valence-corrected chi connectivity index (χ3v) is 4.77. The Morgan fingerprint density at radius 3 is 2.50 bits per heavy atom.